The molecule has 1 rings (SSSR count). The lowest BCUT2D eigenvalue weighted by Crippen LogP contribution is -2.21. The number of hydrogen-bond acceptors (Lipinski definition) is 0. The molecule has 15 heavy (non-hydrogen) atoms. The van der Waals surface area contributed by atoms with E-state index in [0.29, 0.717) is 5.41 Å². The number of rotatable bonds is 0. The lowest BCUT2D eigenvalue weighted by Gasteiger charge is -2.32. The molecule has 1 aliphatic carbocycles. The normalized spacial score (nSPS) is 21.3. The zero-order valence-electron chi connectivity index (χ0n) is 10.5. The van der Waals surface area contributed by atoms with Crippen molar-refractivity contribution >= 4 is 0 Å². The summed E-state index contributed by atoms with van der Waals surface area (Å²) in [6.07, 6.45) is 5.92. The Kier molecular flexibility index (Phi) is 3.80. The van der Waals surface area contributed by atoms with E-state index in [0.717, 1.165) is 17.9 Å². The maximum absolute atomic E-state index is 3.79. The van der Waals surface area contributed by atoms with Gasteiger partial charge in [0.15, 0.2) is 0 Å². The first kappa shape index (κ1) is 12.1. The van der Waals surface area contributed by atoms with E-state index in [1.807, 2.05) is 6.92 Å². The van der Waals surface area contributed by atoms with Crippen LogP contribution < -0.4 is 0 Å². The SMILES string of the molecule is C=C(C)C#CC1=CCC(C(C)(C)C)CC1. The van der Waals surface area contributed by atoms with Crippen molar-refractivity contribution in [3.63, 3.8) is 0 Å². The Morgan fingerprint density at radius 2 is 2.13 bits per heavy atom. The number of allylic oxidation sites excluding steroid dienone is 3. The van der Waals surface area contributed by atoms with E-state index in [9.17, 15) is 0 Å². The Balaban J connectivity index is 2.61. The van der Waals surface area contributed by atoms with Crippen LogP contribution in [0.2, 0.25) is 0 Å². The highest BCUT2D eigenvalue weighted by molar-refractivity contribution is 5.36. The van der Waals surface area contributed by atoms with E-state index < -0.39 is 0 Å². The zero-order chi connectivity index (χ0) is 11.5. The summed E-state index contributed by atoms with van der Waals surface area (Å²) in [5.74, 6) is 7.07. The van der Waals surface area contributed by atoms with Crippen LogP contribution in [0.4, 0.5) is 0 Å². The van der Waals surface area contributed by atoms with Gasteiger partial charge in [-0.1, -0.05) is 45.3 Å². The fourth-order valence-electron chi connectivity index (χ4n) is 1.92. The molecule has 82 valence electrons. The molecule has 0 spiro atoms. The van der Waals surface area contributed by atoms with Crippen LogP contribution in [-0.2, 0) is 0 Å². The first-order valence-electron chi connectivity index (χ1n) is 5.76. The largest absolute Gasteiger partial charge is 0.0877 e. The Bertz CT molecular complexity index is 325. The van der Waals surface area contributed by atoms with E-state index >= 15 is 0 Å². The standard InChI is InChI=1S/C15H22/c1-12(2)6-7-13-8-10-14(11-9-13)15(3,4)5/h8,14H,1,9-11H2,2-5H3. The minimum atomic E-state index is 0.434. The summed E-state index contributed by atoms with van der Waals surface area (Å²) in [6, 6.07) is 0. The van der Waals surface area contributed by atoms with Crippen LogP contribution in [0.1, 0.15) is 47.0 Å². The van der Waals surface area contributed by atoms with Gasteiger partial charge in [0, 0.05) is 0 Å². The topological polar surface area (TPSA) is 0 Å². The van der Waals surface area contributed by atoms with E-state index in [1.54, 1.807) is 0 Å². The van der Waals surface area contributed by atoms with Crippen molar-refractivity contribution in [2.45, 2.75) is 47.0 Å². The summed E-state index contributed by atoms with van der Waals surface area (Å²) in [6.45, 7) is 12.7. The van der Waals surface area contributed by atoms with Gasteiger partial charge in [-0.3, -0.25) is 0 Å². The molecule has 0 aromatic heterocycles. The third kappa shape index (κ3) is 3.96. The van der Waals surface area contributed by atoms with Crippen LogP contribution in [0.25, 0.3) is 0 Å². The van der Waals surface area contributed by atoms with Crippen molar-refractivity contribution in [2.75, 3.05) is 0 Å². The van der Waals surface area contributed by atoms with Crippen molar-refractivity contribution in [1.29, 1.82) is 0 Å². The van der Waals surface area contributed by atoms with Gasteiger partial charge in [-0.2, -0.15) is 0 Å². The van der Waals surface area contributed by atoms with Crippen LogP contribution >= 0.6 is 0 Å². The van der Waals surface area contributed by atoms with E-state index in [4.69, 9.17) is 0 Å². The molecule has 0 aromatic rings. The second kappa shape index (κ2) is 4.71. The van der Waals surface area contributed by atoms with Gasteiger partial charge in [0.2, 0.25) is 0 Å². The monoisotopic (exact) mass is 202 g/mol. The van der Waals surface area contributed by atoms with Gasteiger partial charge in [0.1, 0.15) is 0 Å². The van der Waals surface area contributed by atoms with Crippen molar-refractivity contribution in [1.82, 2.24) is 0 Å². The molecule has 0 saturated heterocycles. The first-order valence-corrected chi connectivity index (χ1v) is 5.76. The Labute approximate surface area is 94.5 Å². The first-order chi connectivity index (χ1) is 6.89. The molecule has 0 bridgehead atoms. The van der Waals surface area contributed by atoms with E-state index in [1.165, 1.54) is 18.4 Å². The summed E-state index contributed by atoms with van der Waals surface area (Å²) in [5, 5.41) is 0. The van der Waals surface area contributed by atoms with Crippen LogP contribution in [0, 0.1) is 23.2 Å². The molecule has 0 aromatic carbocycles. The highest BCUT2D eigenvalue weighted by Crippen LogP contribution is 2.36. The average molecular weight is 202 g/mol. The fourth-order valence-corrected chi connectivity index (χ4v) is 1.92. The molecule has 0 saturated carbocycles. The van der Waals surface area contributed by atoms with Gasteiger partial charge in [0.05, 0.1) is 0 Å². The van der Waals surface area contributed by atoms with Crippen LogP contribution in [0.3, 0.4) is 0 Å². The zero-order valence-corrected chi connectivity index (χ0v) is 10.5. The molecule has 0 aliphatic heterocycles. The highest BCUT2D eigenvalue weighted by Gasteiger charge is 2.25. The van der Waals surface area contributed by atoms with Gasteiger partial charge >= 0.3 is 0 Å². The minimum absolute atomic E-state index is 0.434. The summed E-state index contributed by atoms with van der Waals surface area (Å²) in [4.78, 5) is 0. The summed E-state index contributed by atoms with van der Waals surface area (Å²) >= 11 is 0. The second-order valence-corrected chi connectivity index (χ2v) is 5.60. The lowest BCUT2D eigenvalue weighted by atomic mass is 9.73. The van der Waals surface area contributed by atoms with Gasteiger partial charge in [-0.25, -0.2) is 0 Å². The van der Waals surface area contributed by atoms with Crippen molar-refractivity contribution in [2.24, 2.45) is 11.3 Å². The van der Waals surface area contributed by atoms with Gasteiger partial charge in [-0.15, -0.1) is 0 Å². The quantitative estimate of drug-likeness (QED) is 0.513. The van der Waals surface area contributed by atoms with Crippen molar-refractivity contribution < 1.29 is 0 Å². The minimum Gasteiger partial charge on any atom is -0.0877 e. The maximum atomic E-state index is 3.79. The van der Waals surface area contributed by atoms with E-state index in [-0.39, 0.29) is 0 Å². The lowest BCUT2D eigenvalue weighted by molar-refractivity contribution is 0.222. The fraction of sp³-hybridized carbons (Fsp3) is 0.600. The van der Waals surface area contributed by atoms with Gasteiger partial charge in [0.25, 0.3) is 0 Å². The Morgan fingerprint density at radius 1 is 1.47 bits per heavy atom. The van der Waals surface area contributed by atoms with Gasteiger partial charge in [-0.05, 0) is 48.7 Å². The molecule has 1 atom stereocenters. The summed E-state index contributed by atoms with van der Waals surface area (Å²) in [7, 11) is 0. The summed E-state index contributed by atoms with van der Waals surface area (Å²) in [5.41, 5.74) is 2.69. The molecule has 0 fully saturated rings. The molecule has 1 unspecified atom stereocenters. The van der Waals surface area contributed by atoms with Crippen LogP contribution in [-0.4, -0.2) is 0 Å². The van der Waals surface area contributed by atoms with E-state index in [2.05, 4.69) is 45.3 Å². The molecule has 0 heterocycles. The molecule has 0 N–H and O–H groups in total. The van der Waals surface area contributed by atoms with Crippen molar-refractivity contribution in [3.8, 4) is 11.8 Å². The average Bonchev–Trinajstić information content (AvgIpc) is 2.14. The molecule has 0 nitrogen and oxygen atoms in total. The molecule has 0 heteroatoms. The Morgan fingerprint density at radius 3 is 2.53 bits per heavy atom. The molecule has 0 radical (unpaired) electrons. The summed E-state index contributed by atoms with van der Waals surface area (Å²) < 4.78 is 0. The molecule has 1 aliphatic rings. The second-order valence-electron chi connectivity index (χ2n) is 5.60. The molecule has 0 amide bonds. The highest BCUT2D eigenvalue weighted by atomic mass is 14.3. The van der Waals surface area contributed by atoms with Crippen molar-refractivity contribution in [3.05, 3.63) is 23.8 Å². The maximum Gasteiger partial charge on any atom is -0.00157 e. The molecular formula is C15H22. The predicted octanol–water partition coefficient (Wildman–Crippen LogP) is 4.34. The third-order valence-corrected chi connectivity index (χ3v) is 3.07. The van der Waals surface area contributed by atoms with Crippen LogP contribution in [0.5, 0.6) is 0 Å². The molecular weight excluding hydrogens is 180 g/mol. The Hall–Kier alpha value is -0.960. The van der Waals surface area contributed by atoms with Gasteiger partial charge < -0.3 is 0 Å². The third-order valence-electron chi connectivity index (χ3n) is 3.07. The predicted molar refractivity (Wildman–Crippen MR) is 67.5 cm³/mol. The smallest absolute Gasteiger partial charge is 0.00157 e. The number of hydrogen-bond donors (Lipinski definition) is 0. The van der Waals surface area contributed by atoms with Crippen LogP contribution in [0.15, 0.2) is 23.8 Å².